The summed E-state index contributed by atoms with van der Waals surface area (Å²) >= 11 is 0. The summed E-state index contributed by atoms with van der Waals surface area (Å²) in [5.74, 6) is -2.12. The van der Waals surface area contributed by atoms with Crippen LogP contribution in [0.25, 0.3) is 0 Å². The van der Waals surface area contributed by atoms with Crippen molar-refractivity contribution in [1.29, 1.82) is 0 Å². The average molecular weight is 1090 g/mol. The van der Waals surface area contributed by atoms with Gasteiger partial charge in [-0.25, -0.2) is 4.79 Å². The minimum Gasteiger partial charge on any atom is -0.477 e. The van der Waals surface area contributed by atoms with Gasteiger partial charge >= 0.3 is 17.9 Å². The van der Waals surface area contributed by atoms with Gasteiger partial charge in [-0.1, -0.05) is 215 Å². The molecular weight excluding hydrogens is 983 g/mol. The monoisotopic (exact) mass is 1090 g/mol. The first kappa shape index (κ1) is 73.4. The van der Waals surface area contributed by atoms with E-state index in [1.54, 1.807) is 0 Å². The fourth-order valence-electron chi connectivity index (χ4n) is 7.12. The van der Waals surface area contributed by atoms with E-state index in [4.69, 9.17) is 18.9 Å². The zero-order valence-electron chi connectivity index (χ0n) is 49.9. The van der Waals surface area contributed by atoms with E-state index in [0.29, 0.717) is 23.9 Å². The molecule has 0 radical (unpaired) electrons. The normalized spacial score (nSPS) is 14.1. The summed E-state index contributed by atoms with van der Waals surface area (Å²) in [6.45, 7) is 4.53. The van der Waals surface area contributed by atoms with Crippen molar-refractivity contribution in [3.8, 4) is 0 Å². The van der Waals surface area contributed by atoms with Gasteiger partial charge in [-0.15, -0.1) is 0 Å². The molecule has 0 bridgehead atoms. The Morgan fingerprint density at radius 3 is 1.04 bits per heavy atom. The van der Waals surface area contributed by atoms with Gasteiger partial charge in [0, 0.05) is 12.8 Å². The topological polar surface area (TPSA) is 108 Å². The summed E-state index contributed by atoms with van der Waals surface area (Å²) < 4.78 is 22.8. The second kappa shape index (κ2) is 58.5. The molecule has 0 fully saturated rings. The number of hydrogen-bond donors (Lipinski definition) is 1. The second-order valence-electron chi connectivity index (χ2n) is 20.2. The molecule has 440 valence electrons. The van der Waals surface area contributed by atoms with Crippen molar-refractivity contribution in [2.75, 3.05) is 47.5 Å². The van der Waals surface area contributed by atoms with E-state index < -0.39 is 24.3 Å². The first-order valence-corrected chi connectivity index (χ1v) is 29.9. The van der Waals surface area contributed by atoms with Gasteiger partial charge in [-0.05, 0) is 135 Å². The number of carboxylic acid groups (broad SMARTS) is 1. The number of likely N-dealkylation sites (N-methyl/N-ethyl adjacent to an activating group) is 1. The lowest BCUT2D eigenvalue weighted by atomic mass is 10.1. The summed E-state index contributed by atoms with van der Waals surface area (Å²) in [6.07, 6.45) is 86.8. The number of allylic oxidation sites excluding steroid dienone is 30. The quantitative estimate of drug-likeness (QED) is 0.0211. The Balaban J connectivity index is 4.44. The number of quaternary nitrogens is 1. The van der Waals surface area contributed by atoms with Crippen LogP contribution < -0.4 is 0 Å². The molecule has 9 nitrogen and oxygen atoms in total. The Hall–Kier alpha value is -5.61. The highest BCUT2D eigenvalue weighted by Crippen LogP contribution is 2.12. The highest BCUT2D eigenvalue weighted by atomic mass is 16.7. The fraction of sp³-hybridized carbons (Fsp3) is 0.529. The van der Waals surface area contributed by atoms with Crippen LogP contribution in [0, 0.1) is 0 Å². The van der Waals surface area contributed by atoms with Gasteiger partial charge in [-0.2, -0.15) is 0 Å². The molecule has 1 N–H and O–H groups in total. The van der Waals surface area contributed by atoms with Gasteiger partial charge in [0.25, 0.3) is 6.29 Å². The molecule has 0 saturated carbocycles. The predicted molar refractivity (Wildman–Crippen MR) is 336 cm³/mol. The summed E-state index contributed by atoms with van der Waals surface area (Å²) in [4.78, 5) is 37.5. The summed E-state index contributed by atoms with van der Waals surface area (Å²) in [7, 11) is 5.93. The van der Waals surface area contributed by atoms with Crippen LogP contribution in [-0.2, 0) is 33.3 Å². The summed E-state index contributed by atoms with van der Waals surface area (Å²) in [5, 5.41) is 9.71. The number of carbonyl (C=O) groups excluding carboxylic acids is 2. The predicted octanol–water partition coefficient (Wildman–Crippen LogP) is 18.1. The van der Waals surface area contributed by atoms with Crippen LogP contribution in [-0.4, -0.2) is 87.4 Å². The fourth-order valence-corrected chi connectivity index (χ4v) is 7.12. The minimum atomic E-state index is -1.54. The van der Waals surface area contributed by atoms with Crippen molar-refractivity contribution in [2.45, 2.75) is 193 Å². The number of carbonyl (C=O) groups is 3. The lowest BCUT2D eigenvalue weighted by molar-refractivity contribution is -0.870. The first-order chi connectivity index (χ1) is 38.6. The largest absolute Gasteiger partial charge is 0.477 e. The maximum atomic E-state index is 12.9. The first-order valence-electron chi connectivity index (χ1n) is 29.9. The number of esters is 2. The Morgan fingerprint density at radius 1 is 0.380 bits per heavy atom. The highest BCUT2D eigenvalue weighted by Gasteiger charge is 2.25. The standard InChI is InChI=1S/C70H107NO8/c1-6-8-10-12-14-16-18-20-22-24-26-28-30-32-34-36-38-40-42-44-46-48-50-52-54-56-58-60-67(72)77-64-66(65-78-70(69(74)75)76-63-62-71(3,4)5)79-68(73)61-59-57-55-53-51-49-47-45-43-41-39-37-35-33-31-29-27-25-23-21-19-17-15-13-11-9-7-2/h8-11,14-17,20-23,26-29,32-35,38-41,44-47,51,53,66,70H,6-7,12-13,18-19,24-25,30-31,36-37,42-43,48-50,52,54-65H2,1-5H3/p+1/b10-8-,11-9-,16-14-,17-15-,22-20-,23-21-,28-26-,29-27-,34-32-,35-33-,40-38-,41-39-,46-44-,47-45-,53-51-. The molecule has 0 aliphatic rings. The van der Waals surface area contributed by atoms with Crippen LogP contribution in [0.4, 0.5) is 0 Å². The molecule has 9 heteroatoms. The molecule has 2 unspecified atom stereocenters. The van der Waals surface area contributed by atoms with Crippen LogP contribution in [0.15, 0.2) is 182 Å². The molecule has 0 aliphatic heterocycles. The van der Waals surface area contributed by atoms with E-state index >= 15 is 0 Å². The second-order valence-corrected chi connectivity index (χ2v) is 20.2. The number of ether oxygens (including phenoxy) is 4. The van der Waals surface area contributed by atoms with Crippen LogP contribution in [0.2, 0.25) is 0 Å². The van der Waals surface area contributed by atoms with Crippen LogP contribution in [0.3, 0.4) is 0 Å². The molecule has 79 heavy (non-hydrogen) atoms. The number of carboxylic acids is 1. The van der Waals surface area contributed by atoms with Gasteiger partial charge in [0.05, 0.1) is 34.4 Å². The van der Waals surface area contributed by atoms with Crippen LogP contribution >= 0.6 is 0 Å². The van der Waals surface area contributed by atoms with E-state index in [9.17, 15) is 19.5 Å². The Bertz CT molecular complexity index is 1940. The molecule has 0 aromatic carbocycles. The van der Waals surface area contributed by atoms with Gasteiger partial charge in [-0.3, -0.25) is 9.59 Å². The molecule has 0 aromatic rings. The van der Waals surface area contributed by atoms with Gasteiger partial charge in [0.15, 0.2) is 6.10 Å². The third kappa shape index (κ3) is 59.9. The maximum Gasteiger partial charge on any atom is 0.361 e. The SMILES string of the molecule is CC/C=C\C/C=C\C/C=C\C/C=C\C/C=C\C/C=C\C/C=C\C/C=C\CCCCC(=O)OC(COC(=O)CCCCCCC/C=C\C/C=C\C/C=C\C/C=C\C/C=C\C/C=C\C/C=C\CC)COC(OCC[N+](C)(C)C)C(=O)O. The summed E-state index contributed by atoms with van der Waals surface area (Å²) in [5.41, 5.74) is 0. The smallest absolute Gasteiger partial charge is 0.361 e. The van der Waals surface area contributed by atoms with Crippen LogP contribution in [0.5, 0.6) is 0 Å². The molecule has 0 rings (SSSR count). The lowest BCUT2D eigenvalue weighted by Crippen LogP contribution is -2.40. The van der Waals surface area contributed by atoms with E-state index in [-0.39, 0.29) is 38.6 Å². The van der Waals surface area contributed by atoms with E-state index in [0.717, 1.165) is 141 Å². The third-order valence-electron chi connectivity index (χ3n) is 11.7. The van der Waals surface area contributed by atoms with E-state index in [1.165, 1.54) is 0 Å². The van der Waals surface area contributed by atoms with Crippen molar-refractivity contribution in [3.63, 3.8) is 0 Å². The van der Waals surface area contributed by atoms with Gasteiger partial charge < -0.3 is 28.5 Å². The van der Waals surface area contributed by atoms with Crippen LogP contribution in [0.1, 0.15) is 181 Å². The Labute approximate surface area is 481 Å². The molecule has 0 heterocycles. The molecule has 0 aliphatic carbocycles. The highest BCUT2D eigenvalue weighted by molar-refractivity contribution is 5.71. The van der Waals surface area contributed by atoms with Gasteiger partial charge in [0.2, 0.25) is 0 Å². The Kier molecular flexibility index (Phi) is 54.4. The maximum absolute atomic E-state index is 12.9. The molecular formula is C70H108NO8+. The third-order valence-corrected chi connectivity index (χ3v) is 11.7. The molecule has 0 spiro atoms. The number of rotatable bonds is 52. The van der Waals surface area contributed by atoms with Crippen molar-refractivity contribution >= 4 is 17.9 Å². The van der Waals surface area contributed by atoms with E-state index in [1.807, 2.05) is 21.1 Å². The van der Waals surface area contributed by atoms with Gasteiger partial charge in [0.1, 0.15) is 13.2 Å². The number of nitrogens with zero attached hydrogens (tertiary/aromatic N) is 1. The molecule has 2 atom stereocenters. The van der Waals surface area contributed by atoms with Crippen molar-refractivity contribution in [1.82, 2.24) is 0 Å². The Morgan fingerprint density at radius 2 is 0.684 bits per heavy atom. The van der Waals surface area contributed by atoms with E-state index in [2.05, 4.69) is 196 Å². The average Bonchev–Trinajstić information content (AvgIpc) is 3.42. The molecule has 0 saturated heterocycles. The van der Waals surface area contributed by atoms with Crippen molar-refractivity contribution in [3.05, 3.63) is 182 Å². The number of unbranched alkanes of at least 4 members (excludes halogenated alkanes) is 7. The zero-order valence-corrected chi connectivity index (χ0v) is 49.9. The lowest BCUT2D eigenvalue weighted by Gasteiger charge is -2.25. The molecule has 0 aromatic heterocycles. The summed E-state index contributed by atoms with van der Waals surface area (Å²) in [6, 6.07) is 0. The molecule has 0 amide bonds. The zero-order chi connectivity index (χ0) is 57.6. The minimum absolute atomic E-state index is 0.163. The number of aliphatic carboxylic acids is 1. The number of hydrogen-bond acceptors (Lipinski definition) is 7. The van der Waals surface area contributed by atoms with Crippen molar-refractivity contribution < 1.29 is 42.9 Å². The van der Waals surface area contributed by atoms with Crippen molar-refractivity contribution in [2.24, 2.45) is 0 Å².